The highest BCUT2D eigenvalue weighted by molar-refractivity contribution is 6.31. The van der Waals surface area contributed by atoms with E-state index in [1.165, 1.54) is 6.92 Å². The van der Waals surface area contributed by atoms with Gasteiger partial charge in [-0.05, 0) is 30.7 Å². The first kappa shape index (κ1) is 15.4. The maximum Gasteiger partial charge on any atom is 0.242 e. The molecule has 5 nitrogen and oxygen atoms in total. The predicted octanol–water partition coefficient (Wildman–Crippen LogP) is 2.00. The number of aromatic amines is 1. The zero-order valence-electron chi connectivity index (χ0n) is 12.0. The van der Waals surface area contributed by atoms with Crippen molar-refractivity contribution in [3.63, 3.8) is 0 Å². The lowest BCUT2D eigenvalue weighted by atomic mass is 10.0. The van der Waals surface area contributed by atoms with Gasteiger partial charge in [0.2, 0.25) is 11.8 Å². The number of benzene rings is 1. The number of carbonyl (C=O) groups excluding carboxylic acids is 2. The van der Waals surface area contributed by atoms with Crippen molar-refractivity contribution < 1.29 is 9.59 Å². The van der Waals surface area contributed by atoms with Gasteiger partial charge in [0.15, 0.2) is 0 Å². The van der Waals surface area contributed by atoms with Crippen LogP contribution in [0.3, 0.4) is 0 Å². The molecule has 0 aliphatic rings. The van der Waals surface area contributed by atoms with E-state index in [0.29, 0.717) is 18.0 Å². The Morgan fingerprint density at radius 2 is 2.14 bits per heavy atom. The highest BCUT2D eigenvalue weighted by Crippen LogP contribution is 2.23. The molecule has 0 saturated carbocycles. The Kier molecular flexibility index (Phi) is 4.85. The number of likely N-dealkylation sites (N-methyl/N-ethyl adjacent to an activating group) is 1. The summed E-state index contributed by atoms with van der Waals surface area (Å²) in [6, 6.07) is 4.95. The molecule has 0 unspecified atom stereocenters. The fraction of sp³-hybridized carbons (Fsp3) is 0.333. The summed E-state index contributed by atoms with van der Waals surface area (Å²) >= 11 is 6.02. The van der Waals surface area contributed by atoms with Crippen LogP contribution in [0.15, 0.2) is 24.4 Å². The van der Waals surface area contributed by atoms with Crippen LogP contribution in [0, 0.1) is 0 Å². The summed E-state index contributed by atoms with van der Waals surface area (Å²) in [4.78, 5) is 26.5. The van der Waals surface area contributed by atoms with Gasteiger partial charge < -0.3 is 15.6 Å². The summed E-state index contributed by atoms with van der Waals surface area (Å²) in [6.45, 7) is 3.77. The molecular weight excluding hydrogens is 290 g/mol. The molecule has 3 N–H and O–H groups in total. The highest BCUT2D eigenvalue weighted by Gasteiger charge is 2.20. The second kappa shape index (κ2) is 6.63. The zero-order valence-corrected chi connectivity index (χ0v) is 12.8. The maximum absolute atomic E-state index is 12.0. The molecule has 0 fully saturated rings. The lowest BCUT2D eigenvalue weighted by molar-refractivity contribution is -0.128. The van der Waals surface area contributed by atoms with Crippen molar-refractivity contribution in [2.24, 2.45) is 0 Å². The molecule has 0 radical (unpaired) electrons. The molecule has 2 rings (SSSR count). The van der Waals surface area contributed by atoms with Crippen molar-refractivity contribution in [3.05, 3.63) is 35.0 Å². The summed E-state index contributed by atoms with van der Waals surface area (Å²) in [5.74, 6) is -0.423. The molecule has 2 amide bonds. The van der Waals surface area contributed by atoms with Crippen molar-refractivity contribution in [2.75, 3.05) is 6.54 Å². The molecule has 0 bridgehead atoms. The number of halogens is 1. The van der Waals surface area contributed by atoms with Crippen LogP contribution in [0.25, 0.3) is 10.9 Å². The summed E-state index contributed by atoms with van der Waals surface area (Å²) < 4.78 is 0. The molecule has 0 saturated heterocycles. The fourth-order valence-electron chi connectivity index (χ4n) is 2.29. The number of fused-ring (bicyclic) bond motifs is 1. The van der Waals surface area contributed by atoms with Crippen LogP contribution in [0.5, 0.6) is 0 Å². The Morgan fingerprint density at radius 3 is 2.81 bits per heavy atom. The van der Waals surface area contributed by atoms with Crippen LogP contribution in [0.4, 0.5) is 0 Å². The van der Waals surface area contributed by atoms with Crippen LogP contribution < -0.4 is 10.6 Å². The molecule has 21 heavy (non-hydrogen) atoms. The van der Waals surface area contributed by atoms with Crippen molar-refractivity contribution in [3.8, 4) is 0 Å². The third-order valence-corrected chi connectivity index (χ3v) is 3.43. The average Bonchev–Trinajstić information content (AvgIpc) is 2.80. The van der Waals surface area contributed by atoms with Crippen LogP contribution in [0.1, 0.15) is 19.4 Å². The summed E-state index contributed by atoms with van der Waals surface area (Å²) in [5.41, 5.74) is 1.89. The second-order valence-electron chi connectivity index (χ2n) is 4.86. The number of H-pyrrole nitrogens is 1. The van der Waals surface area contributed by atoms with Crippen molar-refractivity contribution in [1.29, 1.82) is 0 Å². The smallest absolute Gasteiger partial charge is 0.242 e. The molecule has 1 atom stereocenters. The Labute approximate surface area is 128 Å². The third kappa shape index (κ3) is 3.76. The van der Waals surface area contributed by atoms with Gasteiger partial charge in [-0.25, -0.2) is 0 Å². The van der Waals surface area contributed by atoms with E-state index in [2.05, 4.69) is 15.6 Å². The van der Waals surface area contributed by atoms with Crippen molar-refractivity contribution in [1.82, 2.24) is 15.6 Å². The molecule has 0 aliphatic heterocycles. The van der Waals surface area contributed by atoms with Crippen molar-refractivity contribution in [2.45, 2.75) is 26.3 Å². The van der Waals surface area contributed by atoms with E-state index >= 15 is 0 Å². The number of nitrogens with one attached hydrogen (secondary N) is 3. The molecule has 1 aromatic heterocycles. The highest BCUT2D eigenvalue weighted by atomic mass is 35.5. The Bertz CT molecular complexity index is 666. The molecule has 1 aromatic carbocycles. The van der Waals surface area contributed by atoms with E-state index in [1.54, 1.807) is 6.07 Å². The number of hydrogen-bond acceptors (Lipinski definition) is 2. The molecule has 112 valence electrons. The summed E-state index contributed by atoms with van der Waals surface area (Å²) in [6.07, 6.45) is 2.25. The first-order valence-electron chi connectivity index (χ1n) is 6.81. The maximum atomic E-state index is 12.0. The number of rotatable bonds is 5. The van der Waals surface area contributed by atoms with Crippen LogP contribution in [-0.4, -0.2) is 29.4 Å². The first-order chi connectivity index (χ1) is 10.0. The Balaban J connectivity index is 2.27. The molecule has 0 aliphatic carbocycles. The molecule has 1 heterocycles. The zero-order chi connectivity index (χ0) is 15.4. The SMILES string of the molecule is CCNC(=O)[C@H](Cc1c[nH]c2ccc(Cl)cc12)NC(C)=O. The molecular formula is C15H18ClN3O2. The van der Waals surface area contributed by atoms with E-state index in [0.717, 1.165) is 16.5 Å². The van der Waals surface area contributed by atoms with Gasteiger partial charge in [0, 0.05) is 42.0 Å². The Hall–Kier alpha value is -2.01. The Morgan fingerprint density at radius 1 is 1.38 bits per heavy atom. The normalized spacial score (nSPS) is 12.1. The van der Waals surface area contributed by atoms with Gasteiger partial charge in [-0.3, -0.25) is 9.59 Å². The molecule has 2 aromatic rings. The lowest BCUT2D eigenvalue weighted by Crippen LogP contribution is -2.47. The largest absolute Gasteiger partial charge is 0.361 e. The van der Waals surface area contributed by atoms with E-state index in [9.17, 15) is 9.59 Å². The van der Waals surface area contributed by atoms with Gasteiger partial charge in [-0.15, -0.1) is 0 Å². The van der Waals surface area contributed by atoms with Crippen LogP contribution in [0.2, 0.25) is 5.02 Å². The van der Waals surface area contributed by atoms with Gasteiger partial charge >= 0.3 is 0 Å². The second-order valence-corrected chi connectivity index (χ2v) is 5.29. The lowest BCUT2D eigenvalue weighted by Gasteiger charge is -2.16. The number of amides is 2. The minimum Gasteiger partial charge on any atom is -0.361 e. The molecule has 6 heteroatoms. The number of aromatic nitrogens is 1. The van der Waals surface area contributed by atoms with E-state index in [1.807, 2.05) is 25.3 Å². The first-order valence-corrected chi connectivity index (χ1v) is 7.19. The van der Waals surface area contributed by atoms with Crippen LogP contribution in [-0.2, 0) is 16.0 Å². The minimum absolute atomic E-state index is 0.191. The van der Waals surface area contributed by atoms with Gasteiger partial charge in [-0.1, -0.05) is 11.6 Å². The van der Waals surface area contributed by atoms with E-state index < -0.39 is 6.04 Å². The monoisotopic (exact) mass is 307 g/mol. The quantitative estimate of drug-likeness (QED) is 0.790. The summed E-state index contributed by atoms with van der Waals surface area (Å²) in [7, 11) is 0. The average molecular weight is 308 g/mol. The van der Waals surface area contributed by atoms with Gasteiger partial charge in [0.05, 0.1) is 0 Å². The number of carbonyl (C=O) groups is 2. The topological polar surface area (TPSA) is 74.0 Å². The van der Waals surface area contributed by atoms with Crippen LogP contribution >= 0.6 is 11.6 Å². The molecule has 0 spiro atoms. The number of hydrogen-bond donors (Lipinski definition) is 3. The summed E-state index contributed by atoms with van der Waals surface area (Å²) in [5, 5.41) is 7.01. The van der Waals surface area contributed by atoms with Crippen molar-refractivity contribution >= 4 is 34.3 Å². The van der Waals surface area contributed by atoms with Gasteiger partial charge in [-0.2, -0.15) is 0 Å². The minimum atomic E-state index is -0.597. The fourth-order valence-corrected chi connectivity index (χ4v) is 2.46. The van der Waals surface area contributed by atoms with Gasteiger partial charge in [0.25, 0.3) is 0 Å². The third-order valence-electron chi connectivity index (χ3n) is 3.20. The predicted molar refractivity (Wildman–Crippen MR) is 83.3 cm³/mol. The van der Waals surface area contributed by atoms with E-state index in [4.69, 9.17) is 11.6 Å². The standard InChI is InChI=1S/C15H18ClN3O2/c1-3-17-15(21)14(19-9(2)20)6-10-8-18-13-5-4-11(16)7-12(10)13/h4-5,7-8,14,18H,3,6H2,1-2H3,(H,17,21)(H,19,20)/t14-/m0/s1. The van der Waals surface area contributed by atoms with E-state index in [-0.39, 0.29) is 11.8 Å². The van der Waals surface area contributed by atoms with Gasteiger partial charge in [0.1, 0.15) is 6.04 Å².